The summed E-state index contributed by atoms with van der Waals surface area (Å²) in [5.74, 6) is -0.979. The highest BCUT2D eigenvalue weighted by molar-refractivity contribution is 7.21. The molecule has 0 unspecified atom stereocenters. The van der Waals surface area contributed by atoms with Crippen molar-refractivity contribution in [2.75, 3.05) is 0 Å². The minimum absolute atomic E-state index is 0.180. The average molecular weight is 565 g/mol. The predicted molar refractivity (Wildman–Crippen MR) is 158 cm³/mol. The number of aliphatic carboxylic acids is 1. The molecule has 8 heteroatoms. The van der Waals surface area contributed by atoms with Gasteiger partial charge in [0.05, 0.1) is 9.75 Å². The first-order valence-electron chi connectivity index (χ1n) is 12.3. The highest BCUT2D eigenvalue weighted by Crippen LogP contribution is 2.44. The van der Waals surface area contributed by atoms with Crippen molar-refractivity contribution in [3.8, 4) is 0 Å². The standard InChI is InChI=1S/C29H24O4S4/c30-27(31)5-3-1-2-4-6-28(32)33-29(25-15-19-17-11-13-34-21(17)7-9-23(19)36-25)26-16-20-18-12-14-35-22(18)8-10-24(20)37-26/h7-16,29H,1-6H2,(H,30,31). The van der Waals surface area contributed by atoms with Crippen molar-refractivity contribution < 1.29 is 19.4 Å². The molecular formula is C29H24O4S4. The summed E-state index contributed by atoms with van der Waals surface area (Å²) in [5, 5.41) is 17.9. The van der Waals surface area contributed by atoms with Crippen molar-refractivity contribution in [3.05, 3.63) is 69.0 Å². The van der Waals surface area contributed by atoms with Crippen LogP contribution in [0.1, 0.15) is 54.4 Å². The summed E-state index contributed by atoms with van der Waals surface area (Å²) in [6, 6.07) is 17.4. The van der Waals surface area contributed by atoms with E-state index in [1.807, 2.05) is 0 Å². The van der Waals surface area contributed by atoms with Gasteiger partial charge in [-0.25, -0.2) is 0 Å². The Morgan fingerprint density at radius 2 is 1.19 bits per heavy atom. The van der Waals surface area contributed by atoms with Crippen molar-refractivity contribution in [1.82, 2.24) is 0 Å². The van der Waals surface area contributed by atoms with E-state index in [1.54, 1.807) is 45.3 Å². The Balaban J connectivity index is 1.30. The number of carboxylic acid groups (broad SMARTS) is 1. The van der Waals surface area contributed by atoms with E-state index in [1.165, 1.54) is 40.3 Å². The smallest absolute Gasteiger partial charge is 0.306 e. The summed E-state index contributed by atoms with van der Waals surface area (Å²) >= 11 is 6.86. The van der Waals surface area contributed by atoms with E-state index in [0.717, 1.165) is 22.6 Å². The van der Waals surface area contributed by atoms with Crippen LogP contribution in [0.3, 0.4) is 0 Å². The van der Waals surface area contributed by atoms with Crippen LogP contribution in [-0.4, -0.2) is 17.0 Å². The molecule has 4 aromatic heterocycles. The van der Waals surface area contributed by atoms with E-state index < -0.39 is 12.1 Å². The SMILES string of the molecule is O=C(O)CCCCCCC(=O)OC(c1cc2c(ccc3sccc32)s1)c1cc2c(ccc3sccc32)s1. The zero-order valence-electron chi connectivity index (χ0n) is 19.9. The molecule has 37 heavy (non-hydrogen) atoms. The largest absolute Gasteiger partial charge is 0.481 e. The number of fused-ring (bicyclic) bond motifs is 6. The Morgan fingerprint density at radius 1 is 0.676 bits per heavy atom. The van der Waals surface area contributed by atoms with Crippen LogP contribution >= 0.6 is 45.3 Å². The topological polar surface area (TPSA) is 63.6 Å². The van der Waals surface area contributed by atoms with Gasteiger partial charge < -0.3 is 9.84 Å². The number of hydrogen-bond donors (Lipinski definition) is 1. The van der Waals surface area contributed by atoms with E-state index in [-0.39, 0.29) is 12.4 Å². The third kappa shape index (κ3) is 5.03. The molecule has 0 fully saturated rings. The highest BCUT2D eigenvalue weighted by Gasteiger charge is 2.25. The summed E-state index contributed by atoms with van der Waals surface area (Å²) in [4.78, 5) is 25.8. The van der Waals surface area contributed by atoms with E-state index in [9.17, 15) is 9.59 Å². The fraction of sp³-hybridized carbons (Fsp3) is 0.241. The number of ether oxygens (including phenoxy) is 1. The molecule has 0 aliphatic rings. The van der Waals surface area contributed by atoms with Crippen LogP contribution in [0.2, 0.25) is 0 Å². The molecule has 0 saturated carbocycles. The maximum Gasteiger partial charge on any atom is 0.306 e. The molecular weight excluding hydrogens is 541 g/mol. The second kappa shape index (κ2) is 10.5. The third-order valence-electron chi connectivity index (χ3n) is 6.59. The molecule has 0 spiro atoms. The summed E-state index contributed by atoms with van der Waals surface area (Å²) in [7, 11) is 0. The molecule has 2 aromatic carbocycles. The Kier molecular flexibility index (Phi) is 6.99. The molecule has 0 aliphatic carbocycles. The van der Waals surface area contributed by atoms with Crippen molar-refractivity contribution in [2.45, 2.75) is 44.6 Å². The van der Waals surface area contributed by atoms with Crippen LogP contribution in [0, 0.1) is 0 Å². The average Bonchev–Trinajstić information content (AvgIpc) is 3.67. The van der Waals surface area contributed by atoms with Crippen LogP contribution in [0.25, 0.3) is 40.3 Å². The zero-order chi connectivity index (χ0) is 25.4. The number of carboxylic acids is 1. The fourth-order valence-corrected chi connectivity index (χ4v) is 8.70. The van der Waals surface area contributed by atoms with Gasteiger partial charge in [0, 0.05) is 53.2 Å². The van der Waals surface area contributed by atoms with Gasteiger partial charge in [0.25, 0.3) is 0 Å². The van der Waals surface area contributed by atoms with E-state index >= 15 is 0 Å². The molecule has 4 heterocycles. The molecule has 0 aliphatic heterocycles. The summed E-state index contributed by atoms with van der Waals surface area (Å²) in [6.07, 6.45) is 3.05. The zero-order valence-corrected chi connectivity index (χ0v) is 23.2. The lowest BCUT2D eigenvalue weighted by Gasteiger charge is -2.15. The lowest BCUT2D eigenvalue weighted by Crippen LogP contribution is -2.10. The monoisotopic (exact) mass is 564 g/mol. The first-order chi connectivity index (χ1) is 18.1. The second-order valence-electron chi connectivity index (χ2n) is 9.09. The van der Waals surface area contributed by atoms with Crippen LogP contribution in [0.5, 0.6) is 0 Å². The molecule has 1 N–H and O–H groups in total. The van der Waals surface area contributed by atoms with Crippen molar-refractivity contribution in [3.63, 3.8) is 0 Å². The number of carbonyl (C=O) groups is 2. The normalized spacial score (nSPS) is 11.9. The Morgan fingerprint density at radius 3 is 1.73 bits per heavy atom. The number of thiophene rings is 4. The van der Waals surface area contributed by atoms with E-state index in [4.69, 9.17) is 9.84 Å². The summed E-state index contributed by atoms with van der Waals surface area (Å²) in [6.45, 7) is 0. The lowest BCUT2D eigenvalue weighted by molar-refractivity contribution is -0.147. The van der Waals surface area contributed by atoms with Crippen LogP contribution in [0.15, 0.2) is 59.3 Å². The molecule has 0 amide bonds. The quantitative estimate of drug-likeness (QED) is 0.133. The molecule has 0 saturated heterocycles. The molecule has 0 bridgehead atoms. The van der Waals surface area contributed by atoms with Crippen LogP contribution in [-0.2, 0) is 14.3 Å². The first-order valence-corrected chi connectivity index (χ1v) is 15.7. The van der Waals surface area contributed by atoms with Gasteiger partial charge >= 0.3 is 11.9 Å². The van der Waals surface area contributed by atoms with Gasteiger partial charge in [0.1, 0.15) is 0 Å². The van der Waals surface area contributed by atoms with Gasteiger partial charge in [-0.3, -0.25) is 9.59 Å². The summed E-state index contributed by atoms with van der Waals surface area (Å²) in [5.41, 5.74) is 0. The van der Waals surface area contributed by atoms with Gasteiger partial charge in [0.15, 0.2) is 6.10 Å². The number of unbranched alkanes of at least 4 members (excludes halogenated alkanes) is 3. The molecule has 0 radical (unpaired) electrons. The minimum Gasteiger partial charge on any atom is -0.481 e. The summed E-state index contributed by atoms with van der Waals surface area (Å²) < 4.78 is 11.1. The Labute approximate surface area is 229 Å². The first kappa shape index (κ1) is 24.6. The van der Waals surface area contributed by atoms with Crippen molar-refractivity contribution >= 4 is 97.6 Å². The molecule has 188 valence electrons. The third-order valence-corrected chi connectivity index (χ3v) is 10.6. The van der Waals surface area contributed by atoms with Crippen LogP contribution in [0.4, 0.5) is 0 Å². The van der Waals surface area contributed by atoms with Crippen molar-refractivity contribution in [2.24, 2.45) is 0 Å². The predicted octanol–water partition coefficient (Wildman–Crippen LogP) is 9.60. The molecule has 4 nitrogen and oxygen atoms in total. The maximum atomic E-state index is 13.0. The Hall–Kier alpha value is -2.78. The Bertz CT molecular complexity index is 1630. The fourth-order valence-electron chi connectivity index (χ4n) is 4.77. The van der Waals surface area contributed by atoms with E-state index in [0.29, 0.717) is 19.3 Å². The van der Waals surface area contributed by atoms with E-state index in [2.05, 4.69) is 59.3 Å². The number of rotatable bonds is 10. The van der Waals surface area contributed by atoms with Gasteiger partial charge in [-0.15, -0.1) is 45.3 Å². The maximum absolute atomic E-state index is 13.0. The second-order valence-corrected chi connectivity index (χ2v) is 13.2. The number of carbonyl (C=O) groups excluding carboxylic acids is 1. The van der Waals surface area contributed by atoms with Crippen molar-refractivity contribution in [1.29, 1.82) is 0 Å². The molecule has 0 atom stereocenters. The lowest BCUT2D eigenvalue weighted by atomic mass is 10.1. The molecule has 6 rings (SSSR count). The van der Waals surface area contributed by atoms with Crippen LogP contribution < -0.4 is 0 Å². The van der Waals surface area contributed by atoms with Gasteiger partial charge in [-0.2, -0.15) is 0 Å². The number of benzene rings is 2. The molecule has 6 aromatic rings. The number of esters is 1. The van der Waals surface area contributed by atoms with Gasteiger partial charge in [-0.1, -0.05) is 12.8 Å². The van der Waals surface area contributed by atoms with Gasteiger partial charge in [0.2, 0.25) is 0 Å². The minimum atomic E-state index is -0.770. The van der Waals surface area contributed by atoms with Gasteiger partial charge in [-0.05, 0) is 72.1 Å². The highest BCUT2D eigenvalue weighted by atomic mass is 32.1. The number of hydrogen-bond acceptors (Lipinski definition) is 7.